The van der Waals surface area contributed by atoms with Gasteiger partial charge >= 0.3 is 0 Å². The smallest absolute Gasteiger partial charge is 0.134 e. The van der Waals surface area contributed by atoms with Crippen molar-refractivity contribution in [2.45, 2.75) is 27.2 Å². The fourth-order valence-electron chi connectivity index (χ4n) is 3.28. The number of nitrogens with zero attached hydrogens (tertiary/aromatic N) is 4. The zero-order valence-corrected chi connectivity index (χ0v) is 17.3. The lowest BCUT2D eigenvalue weighted by atomic mass is 10.1. The summed E-state index contributed by atoms with van der Waals surface area (Å²) in [6.45, 7) is 6.00. The number of hydrogen-bond donors (Lipinski definition) is 2. The van der Waals surface area contributed by atoms with Gasteiger partial charge < -0.3 is 10.6 Å². The van der Waals surface area contributed by atoms with E-state index in [1.54, 1.807) is 6.33 Å². The molecular formula is C24H24N6. The summed E-state index contributed by atoms with van der Waals surface area (Å²) in [4.78, 5) is 17.6. The lowest BCUT2D eigenvalue weighted by Crippen LogP contribution is -2.02. The largest absolute Gasteiger partial charge is 0.340 e. The van der Waals surface area contributed by atoms with Crippen LogP contribution in [0.15, 0.2) is 67.0 Å². The molecule has 2 heterocycles. The van der Waals surface area contributed by atoms with Gasteiger partial charge in [0.05, 0.1) is 5.69 Å². The monoisotopic (exact) mass is 396 g/mol. The molecular weight excluding hydrogens is 372 g/mol. The third-order valence-electron chi connectivity index (χ3n) is 4.74. The molecule has 0 unspecified atom stereocenters. The number of nitrogens with one attached hydrogen (secondary N) is 2. The number of rotatable bonds is 6. The van der Waals surface area contributed by atoms with E-state index in [1.165, 1.54) is 5.56 Å². The maximum atomic E-state index is 4.59. The average Bonchev–Trinajstić information content (AvgIpc) is 2.74. The highest BCUT2D eigenvalue weighted by molar-refractivity contribution is 5.71. The second kappa shape index (κ2) is 8.69. The van der Waals surface area contributed by atoms with Crippen molar-refractivity contribution in [3.8, 4) is 11.3 Å². The molecule has 4 aromatic rings. The Morgan fingerprint density at radius 2 is 1.63 bits per heavy atom. The third kappa shape index (κ3) is 4.60. The van der Waals surface area contributed by atoms with Gasteiger partial charge in [-0.15, -0.1) is 0 Å². The first-order chi connectivity index (χ1) is 14.6. The summed E-state index contributed by atoms with van der Waals surface area (Å²) in [5.41, 5.74) is 6.04. The van der Waals surface area contributed by atoms with Crippen molar-refractivity contribution < 1.29 is 0 Å². The number of benzene rings is 2. The van der Waals surface area contributed by atoms with Crippen LogP contribution in [0, 0.1) is 13.8 Å². The first kappa shape index (κ1) is 19.5. The van der Waals surface area contributed by atoms with Gasteiger partial charge in [0.1, 0.15) is 23.8 Å². The molecule has 30 heavy (non-hydrogen) atoms. The predicted octanol–water partition coefficient (Wildman–Crippen LogP) is 5.60. The summed E-state index contributed by atoms with van der Waals surface area (Å²) in [6, 6.07) is 20.3. The molecule has 0 amide bonds. The summed E-state index contributed by atoms with van der Waals surface area (Å²) in [5, 5.41) is 6.84. The number of aryl methyl sites for hydroxylation is 3. The molecule has 0 spiro atoms. The lowest BCUT2D eigenvalue weighted by Gasteiger charge is -2.14. The molecule has 0 aliphatic carbocycles. The average molecular weight is 396 g/mol. The molecule has 4 rings (SSSR count). The fraction of sp³-hybridized carbons (Fsp3) is 0.167. The third-order valence-corrected chi connectivity index (χ3v) is 4.74. The highest BCUT2D eigenvalue weighted by Crippen LogP contribution is 2.28. The van der Waals surface area contributed by atoms with E-state index in [1.807, 2.05) is 44.2 Å². The summed E-state index contributed by atoms with van der Waals surface area (Å²) >= 11 is 0. The molecule has 2 aromatic heterocycles. The van der Waals surface area contributed by atoms with Crippen molar-refractivity contribution in [3.05, 3.63) is 84.1 Å². The summed E-state index contributed by atoms with van der Waals surface area (Å²) in [5.74, 6) is 2.26. The summed E-state index contributed by atoms with van der Waals surface area (Å²) in [7, 11) is 0. The molecule has 6 heteroatoms. The van der Waals surface area contributed by atoms with Crippen molar-refractivity contribution >= 4 is 23.0 Å². The van der Waals surface area contributed by atoms with Gasteiger partial charge in [-0.05, 0) is 38.0 Å². The summed E-state index contributed by atoms with van der Waals surface area (Å²) in [6.07, 6.45) is 2.47. The number of anilines is 4. The predicted molar refractivity (Wildman–Crippen MR) is 121 cm³/mol. The highest BCUT2D eigenvalue weighted by Gasteiger charge is 2.08. The van der Waals surface area contributed by atoms with E-state index in [4.69, 9.17) is 0 Å². The van der Waals surface area contributed by atoms with E-state index in [0.717, 1.165) is 52.2 Å². The van der Waals surface area contributed by atoms with Gasteiger partial charge in [-0.2, -0.15) is 0 Å². The highest BCUT2D eigenvalue weighted by atomic mass is 15.0. The van der Waals surface area contributed by atoms with Crippen LogP contribution in [0.4, 0.5) is 23.0 Å². The zero-order chi connectivity index (χ0) is 20.9. The zero-order valence-electron chi connectivity index (χ0n) is 17.3. The van der Waals surface area contributed by atoms with E-state index in [-0.39, 0.29) is 0 Å². The molecule has 2 aromatic carbocycles. The van der Waals surface area contributed by atoms with Gasteiger partial charge in [0, 0.05) is 34.8 Å². The normalized spacial score (nSPS) is 10.6. The van der Waals surface area contributed by atoms with Gasteiger partial charge in [0.15, 0.2) is 0 Å². The van der Waals surface area contributed by atoms with Crippen LogP contribution < -0.4 is 10.6 Å². The molecule has 0 bridgehead atoms. The Kier molecular flexibility index (Phi) is 5.66. The first-order valence-electron chi connectivity index (χ1n) is 9.97. The van der Waals surface area contributed by atoms with Crippen LogP contribution in [-0.2, 0) is 6.42 Å². The second-order valence-electron chi connectivity index (χ2n) is 7.07. The maximum Gasteiger partial charge on any atom is 0.134 e. The molecule has 0 aliphatic heterocycles. The standard InChI is InChI=1S/C24H24N6/c1-4-18-10-11-20(29-23-12-16(2)25-15-26-23)13-21(18)30-24-14-22(27-17(3)28-24)19-8-6-5-7-9-19/h5-15H,4H2,1-3H3,(H,25,26,29)(H,27,28,30). The van der Waals surface area contributed by atoms with E-state index in [9.17, 15) is 0 Å². The SMILES string of the molecule is CCc1ccc(Nc2cc(C)ncn2)cc1Nc1cc(-c2ccccc2)nc(C)n1. The Labute approximate surface area is 176 Å². The minimum absolute atomic E-state index is 0.725. The minimum atomic E-state index is 0.725. The fourth-order valence-corrected chi connectivity index (χ4v) is 3.28. The molecule has 0 atom stereocenters. The summed E-state index contributed by atoms with van der Waals surface area (Å²) < 4.78 is 0. The molecule has 0 saturated carbocycles. The molecule has 0 radical (unpaired) electrons. The second-order valence-corrected chi connectivity index (χ2v) is 7.07. The lowest BCUT2D eigenvalue weighted by molar-refractivity contribution is 1.06. The molecule has 0 aliphatic rings. The van der Waals surface area contributed by atoms with Gasteiger partial charge in [-0.1, -0.05) is 43.3 Å². The van der Waals surface area contributed by atoms with E-state index >= 15 is 0 Å². The van der Waals surface area contributed by atoms with E-state index < -0.39 is 0 Å². The maximum absolute atomic E-state index is 4.59. The molecule has 150 valence electrons. The van der Waals surface area contributed by atoms with Crippen LogP contribution in [0.2, 0.25) is 0 Å². The number of aromatic nitrogens is 4. The van der Waals surface area contributed by atoms with Crippen LogP contribution in [0.25, 0.3) is 11.3 Å². The van der Waals surface area contributed by atoms with Gasteiger partial charge in [-0.25, -0.2) is 19.9 Å². The molecule has 6 nitrogen and oxygen atoms in total. The van der Waals surface area contributed by atoms with Crippen molar-refractivity contribution in [1.82, 2.24) is 19.9 Å². The topological polar surface area (TPSA) is 75.6 Å². The van der Waals surface area contributed by atoms with Crippen LogP contribution in [0.1, 0.15) is 24.0 Å². The Balaban J connectivity index is 1.64. The van der Waals surface area contributed by atoms with Crippen LogP contribution in [0.3, 0.4) is 0 Å². The van der Waals surface area contributed by atoms with Gasteiger partial charge in [0.25, 0.3) is 0 Å². The Hall–Kier alpha value is -3.80. The quantitative estimate of drug-likeness (QED) is 0.442. The van der Waals surface area contributed by atoms with E-state index in [0.29, 0.717) is 0 Å². The van der Waals surface area contributed by atoms with Crippen LogP contribution >= 0.6 is 0 Å². The van der Waals surface area contributed by atoms with Crippen molar-refractivity contribution in [3.63, 3.8) is 0 Å². The van der Waals surface area contributed by atoms with Crippen LogP contribution in [0.5, 0.6) is 0 Å². The molecule has 2 N–H and O–H groups in total. The Morgan fingerprint density at radius 1 is 0.800 bits per heavy atom. The Bertz CT molecular complexity index is 1160. The molecule has 0 fully saturated rings. The van der Waals surface area contributed by atoms with Gasteiger partial charge in [-0.3, -0.25) is 0 Å². The molecule has 0 saturated heterocycles. The minimum Gasteiger partial charge on any atom is -0.340 e. The van der Waals surface area contributed by atoms with E-state index in [2.05, 4.69) is 67.8 Å². The van der Waals surface area contributed by atoms with Crippen molar-refractivity contribution in [2.24, 2.45) is 0 Å². The van der Waals surface area contributed by atoms with Crippen molar-refractivity contribution in [1.29, 1.82) is 0 Å². The van der Waals surface area contributed by atoms with Crippen LogP contribution in [-0.4, -0.2) is 19.9 Å². The first-order valence-corrected chi connectivity index (χ1v) is 9.97. The number of hydrogen-bond acceptors (Lipinski definition) is 6. The Morgan fingerprint density at radius 3 is 2.40 bits per heavy atom. The van der Waals surface area contributed by atoms with Crippen molar-refractivity contribution in [2.75, 3.05) is 10.6 Å². The van der Waals surface area contributed by atoms with Gasteiger partial charge in [0.2, 0.25) is 0 Å².